The molecule has 3 heterocycles. The summed E-state index contributed by atoms with van der Waals surface area (Å²) in [6.07, 6.45) is 0. The predicted molar refractivity (Wildman–Crippen MR) is 108 cm³/mol. The summed E-state index contributed by atoms with van der Waals surface area (Å²) < 4.78 is 3.12. The lowest BCUT2D eigenvalue weighted by Gasteiger charge is -2.08. The summed E-state index contributed by atoms with van der Waals surface area (Å²) in [5, 5.41) is 8.83. The highest BCUT2D eigenvalue weighted by Gasteiger charge is 2.26. The van der Waals surface area contributed by atoms with E-state index in [1.54, 1.807) is 11.3 Å². The number of aryl methyl sites for hydroxylation is 1. The number of aromatic nitrogens is 4. The normalized spacial score (nSPS) is 12.7. The van der Waals surface area contributed by atoms with E-state index < -0.39 is 0 Å². The lowest BCUT2D eigenvalue weighted by Crippen LogP contribution is -2.16. The maximum atomic E-state index is 13.0. The number of carbonyl (C=O) groups is 2. The number of aromatic amines is 1. The molecule has 1 unspecified atom stereocenters. The van der Waals surface area contributed by atoms with E-state index in [1.807, 2.05) is 49.4 Å². The van der Waals surface area contributed by atoms with Gasteiger partial charge in [0.25, 0.3) is 0 Å². The molecule has 138 valence electrons. The monoisotopic (exact) mass is 398 g/mol. The first-order valence-corrected chi connectivity index (χ1v) is 10.2. The number of fused-ring (bicyclic) bond motifs is 3. The first-order valence-electron chi connectivity index (χ1n) is 8.52. The van der Waals surface area contributed by atoms with Crippen molar-refractivity contribution in [3.05, 3.63) is 46.8 Å². The van der Waals surface area contributed by atoms with Crippen molar-refractivity contribution < 1.29 is 9.59 Å². The van der Waals surface area contributed by atoms with Gasteiger partial charge in [0, 0.05) is 11.3 Å². The number of H-pyrrole nitrogens is 1. The third kappa shape index (κ3) is 2.89. The van der Waals surface area contributed by atoms with Crippen LogP contribution in [0.15, 0.2) is 29.4 Å². The van der Waals surface area contributed by atoms with Crippen molar-refractivity contribution in [2.45, 2.75) is 38.1 Å². The Balaban J connectivity index is 1.68. The number of thioether (sulfide) groups is 1. The first kappa shape index (κ1) is 17.9. The molecule has 1 atom stereocenters. The second kappa shape index (κ2) is 6.61. The summed E-state index contributed by atoms with van der Waals surface area (Å²) in [6, 6.07) is 8.04. The zero-order valence-electron chi connectivity index (χ0n) is 15.4. The number of para-hydroxylation sites is 1. The molecule has 0 amide bonds. The summed E-state index contributed by atoms with van der Waals surface area (Å²) in [5.41, 5.74) is 3.58. The van der Waals surface area contributed by atoms with E-state index >= 15 is 0 Å². The zero-order valence-corrected chi connectivity index (χ0v) is 17.0. The molecule has 0 spiro atoms. The van der Waals surface area contributed by atoms with Crippen molar-refractivity contribution >= 4 is 49.8 Å². The van der Waals surface area contributed by atoms with Crippen molar-refractivity contribution in [3.8, 4) is 0 Å². The molecule has 0 fully saturated rings. The van der Waals surface area contributed by atoms with Crippen molar-refractivity contribution in [2.24, 2.45) is 0 Å². The number of hydrogen-bond donors (Lipinski definition) is 1. The highest BCUT2D eigenvalue weighted by molar-refractivity contribution is 8.00. The highest BCUT2D eigenvalue weighted by atomic mass is 32.2. The van der Waals surface area contributed by atoms with Crippen LogP contribution in [0, 0.1) is 13.8 Å². The Labute approximate surface area is 164 Å². The summed E-state index contributed by atoms with van der Waals surface area (Å²) >= 11 is 2.95. The van der Waals surface area contributed by atoms with Gasteiger partial charge in [-0.2, -0.15) is 0 Å². The topological polar surface area (TPSA) is 80.1 Å². The fourth-order valence-electron chi connectivity index (χ4n) is 3.37. The van der Waals surface area contributed by atoms with Crippen LogP contribution < -0.4 is 0 Å². The summed E-state index contributed by atoms with van der Waals surface area (Å²) in [5.74, 6) is -0.0890. The number of carbonyl (C=O) groups excluding carboxylic acids is 2. The Morgan fingerprint density at radius 3 is 2.67 bits per heavy atom. The standard InChI is InChI=1S/C19H18N4O2S2/c1-9-15(11(3)24)10(2)20-16(9)17(25)12(4)26-18-21-22-19-23(18)13-7-5-6-8-14(13)27-19/h5-8,12,20H,1-4H3. The van der Waals surface area contributed by atoms with Crippen LogP contribution in [0.2, 0.25) is 0 Å². The number of nitrogens with one attached hydrogen (secondary N) is 1. The Morgan fingerprint density at radius 1 is 1.22 bits per heavy atom. The van der Waals surface area contributed by atoms with Gasteiger partial charge in [-0.3, -0.25) is 14.0 Å². The van der Waals surface area contributed by atoms with E-state index in [9.17, 15) is 9.59 Å². The van der Waals surface area contributed by atoms with Gasteiger partial charge in [0.15, 0.2) is 16.7 Å². The van der Waals surface area contributed by atoms with Crippen LogP contribution >= 0.6 is 23.1 Å². The molecular weight excluding hydrogens is 380 g/mol. The number of thiazole rings is 1. The number of Topliss-reactive ketones (excluding diaryl/α,β-unsaturated/α-hetero) is 2. The van der Waals surface area contributed by atoms with Gasteiger partial charge >= 0.3 is 0 Å². The lowest BCUT2D eigenvalue weighted by molar-refractivity contribution is 0.0988. The molecule has 0 aliphatic rings. The van der Waals surface area contributed by atoms with Gasteiger partial charge in [0.2, 0.25) is 4.96 Å². The van der Waals surface area contributed by atoms with E-state index in [0.29, 0.717) is 22.0 Å². The Bertz CT molecular complexity index is 1200. The van der Waals surface area contributed by atoms with Crippen LogP contribution in [-0.4, -0.2) is 36.4 Å². The van der Waals surface area contributed by atoms with Gasteiger partial charge in [0.1, 0.15) is 0 Å². The Hall–Kier alpha value is -2.45. The molecular formula is C19H18N4O2S2. The van der Waals surface area contributed by atoms with Crippen molar-refractivity contribution in [1.82, 2.24) is 19.6 Å². The van der Waals surface area contributed by atoms with Crippen molar-refractivity contribution in [1.29, 1.82) is 0 Å². The van der Waals surface area contributed by atoms with E-state index in [0.717, 1.165) is 20.9 Å². The Morgan fingerprint density at radius 2 is 1.96 bits per heavy atom. The maximum absolute atomic E-state index is 13.0. The molecule has 4 rings (SSSR count). The van der Waals surface area contributed by atoms with E-state index in [2.05, 4.69) is 15.2 Å². The average Bonchev–Trinajstić information content (AvgIpc) is 3.26. The van der Waals surface area contributed by atoms with Crippen LogP contribution in [0.3, 0.4) is 0 Å². The molecule has 0 saturated heterocycles. The quantitative estimate of drug-likeness (QED) is 0.397. The summed E-state index contributed by atoms with van der Waals surface area (Å²) in [6.45, 7) is 7.00. The highest BCUT2D eigenvalue weighted by Crippen LogP contribution is 2.32. The minimum atomic E-state index is -0.368. The molecule has 6 nitrogen and oxygen atoms in total. The molecule has 0 aliphatic carbocycles. The fraction of sp³-hybridized carbons (Fsp3) is 0.263. The average molecular weight is 399 g/mol. The summed E-state index contributed by atoms with van der Waals surface area (Å²) in [7, 11) is 0. The number of ketones is 2. The van der Waals surface area contributed by atoms with E-state index in [4.69, 9.17) is 0 Å². The molecule has 0 radical (unpaired) electrons. The van der Waals surface area contributed by atoms with Gasteiger partial charge in [-0.25, -0.2) is 0 Å². The third-order valence-corrected chi connectivity index (χ3v) is 6.65. The van der Waals surface area contributed by atoms with Gasteiger partial charge in [-0.05, 0) is 45.4 Å². The number of nitrogens with zero attached hydrogens (tertiary/aromatic N) is 3. The minimum Gasteiger partial charge on any atom is -0.355 e. The minimum absolute atomic E-state index is 0.0375. The molecule has 0 saturated carbocycles. The number of rotatable bonds is 5. The number of hydrogen-bond acceptors (Lipinski definition) is 6. The maximum Gasteiger partial charge on any atom is 0.217 e. The first-order chi connectivity index (χ1) is 12.9. The van der Waals surface area contributed by atoms with Crippen LogP contribution in [-0.2, 0) is 0 Å². The number of benzene rings is 1. The van der Waals surface area contributed by atoms with Crippen LogP contribution in [0.1, 0.15) is 46.0 Å². The fourth-order valence-corrected chi connectivity index (χ4v) is 5.31. The zero-order chi connectivity index (χ0) is 19.3. The molecule has 3 aromatic heterocycles. The van der Waals surface area contributed by atoms with Crippen molar-refractivity contribution in [2.75, 3.05) is 0 Å². The Kier molecular flexibility index (Phi) is 4.39. The second-order valence-electron chi connectivity index (χ2n) is 6.48. The van der Waals surface area contributed by atoms with Crippen LogP contribution in [0.5, 0.6) is 0 Å². The molecule has 0 bridgehead atoms. The van der Waals surface area contributed by atoms with Gasteiger partial charge in [-0.15, -0.1) is 10.2 Å². The second-order valence-corrected chi connectivity index (χ2v) is 8.79. The SMILES string of the molecule is CC(=O)c1c(C)[nH]c(C(=O)C(C)Sc2nnc3sc4ccccc4n23)c1C. The molecule has 1 aromatic carbocycles. The predicted octanol–water partition coefficient (Wildman–Crippen LogP) is 4.46. The largest absolute Gasteiger partial charge is 0.355 e. The molecule has 8 heteroatoms. The third-order valence-electron chi connectivity index (χ3n) is 4.60. The van der Waals surface area contributed by atoms with Crippen LogP contribution in [0.25, 0.3) is 15.2 Å². The molecule has 1 N–H and O–H groups in total. The molecule has 0 aliphatic heterocycles. The smallest absolute Gasteiger partial charge is 0.217 e. The summed E-state index contributed by atoms with van der Waals surface area (Å²) in [4.78, 5) is 28.7. The van der Waals surface area contributed by atoms with Gasteiger partial charge < -0.3 is 4.98 Å². The lowest BCUT2D eigenvalue weighted by atomic mass is 10.0. The molecule has 27 heavy (non-hydrogen) atoms. The van der Waals surface area contributed by atoms with E-state index in [1.165, 1.54) is 18.7 Å². The van der Waals surface area contributed by atoms with Crippen molar-refractivity contribution in [3.63, 3.8) is 0 Å². The van der Waals surface area contributed by atoms with Gasteiger partial charge in [0.05, 0.1) is 21.2 Å². The van der Waals surface area contributed by atoms with Gasteiger partial charge in [-0.1, -0.05) is 35.2 Å². The van der Waals surface area contributed by atoms with Crippen LogP contribution in [0.4, 0.5) is 0 Å². The molecule has 4 aromatic rings. The van der Waals surface area contributed by atoms with E-state index in [-0.39, 0.29) is 16.8 Å².